The van der Waals surface area contributed by atoms with E-state index in [-0.39, 0.29) is 17.4 Å². The van der Waals surface area contributed by atoms with Crippen molar-refractivity contribution in [3.63, 3.8) is 0 Å². The third-order valence-corrected chi connectivity index (χ3v) is 3.12. The fourth-order valence-corrected chi connectivity index (χ4v) is 1.95. The number of nitrogens with two attached hydrogens (primary N) is 1. The lowest BCUT2D eigenvalue weighted by atomic mass is 10.2. The maximum absolute atomic E-state index is 11.2. The first-order valence-corrected chi connectivity index (χ1v) is 6.92. The molecule has 1 amide bonds. The van der Waals surface area contributed by atoms with Crippen LogP contribution in [0.25, 0.3) is 0 Å². The van der Waals surface area contributed by atoms with Gasteiger partial charge in [-0.15, -0.1) is 0 Å². The second-order valence-electron chi connectivity index (χ2n) is 3.71. The van der Waals surface area contributed by atoms with Crippen molar-refractivity contribution in [2.45, 2.75) is 18.7 Å². The Labute approximate surface area is 106 Å². The Morgan fingerprint density at radius 2 is 2.11 bits per heavy atom. The monoisotopic (exact) mass is 272 g/mol. The molecule has 0 atom stereocenters. The zero-order valence-electron chi connectivity index (χ0n) is 10.3. The summed E-state index contributed by atoms with van der Waals surface area (Å²) in [5.41, 5.74) is 0.603. The molecule has 0 aromatic heterocycles. The van der Waals surface area contributed by atoms with Gasteiger partial charge in [0, 0.05) is 6.54 Å². The number of sulfonamides is 1. The van der Waals surface area contributed by atoms with E-state index in [1.807, 2.05) is 6.92 Å². The molecule has 0 saturated carbocycles. The van der Waals surface area contributed by atoms with Crippen LogP contribution in [0.1, 0.15) is 12.5 Å². The summed E-state index contributed by atoms with van der Waals surface area (Å²) in [7, 11) is -3.72. The van der Waals surface area contributed by atoms with Crippen LogP contribution in [0.15, 0.2) is 23.1 Å². The molecule has 1 aromatic rings. The molecule has 0 radical (unpaired) electrons. The lowest BCUT2D eigenvalue weighted by molar-refractivity contribution is -0.122. The fraction of sp³-hybridized carbons (Fsp3) is 0.364. The molecule has 0 aliphatic rings. The van der Waals surface area contributed by atoms with Crippen molar-refractivity contribution in [3.05, 3.63) is 23.8 Å². The van der Waals surface area contributed by atoms with Gasteiger partial charge in [-0.25, -0.2) is 13.6 Å². The number of ether oxygens (including phenoxy) is 1. The first-order chi connectivity index (χ1) is 8.34. The lowest BCUT2D eigenvalue weighted by Crippen LogP contribution is -2.28. The van der Waals surface area contributed by atoms with Crippen LogP contribution in [-0.4, -0.2) is 27.5 Å². The van der Waals surface area contributed by atoms with E-state index in [2.05, 4.69) is 5.32 Å². The number of rotatable bonds is 5. The molecule has 0 spiro atoms. The third-order valence-electron chi connectivity index (χ3n) is 2.21. The number of amides is 1. The van der Waals surface area contributed by atoms with Crippen molar-refractivity contribution in [3.8, 4) is 5.75 Å². The molecular weight excluding hydrogens is 256 g/mol. The summed E-state index contributed by atoms with van der Waals surface area (Å²) in [5.74, 6) is 0.223. The number of hydrogen-bond acceptors (Lipinski definition) is 4. The molecule has 0 heterocycles. The van der Waals surface area contributed by atoms with E-state index in [1.165, 1.54) is 18.2 Å². The molecule has 0 fully saturated rings. The maximum atomic E-state index is 11.2. The fourth-order valence-electron chi connectivity index (χ4n) is 1.35. The predicted molar refractivity (Wildman–Crippen MR) is 66.7 cm³/mol. The average Bonchev–Trinajstić information content (AvgIpc) is 2.26. The first-order valence-electron chi connectivity index (χ1n) is 5.37. The molecule has 0 unspecified atom stereocenters. The quantitative estimate of drug-likeness (QED) is 0.797. The highest BCUT2D eigenvalue weighted by atomic mass is 32.2. The van der Waals surface area contributed by atoms with Gasteiger partial charge in [-0.05, 0) is 37.6 Å². The van der Waals surface area contributed by atoms with Crippen LogP contribution in [0.5, 0.6) is 5.75 Å². The molecule has 0 saturated heterocycles. The molecule has 100 valence electrons. The van der Waals surface area contributed by atoms with Crippen LogP contribution >= 0.6 is 0 Å². The van der Waals surface area contributed by atoms with E-state index in [9.17, 15) is 13.2 Å². The SMILES string of the molecule is CCNC(=O)COc1ccc(S(N)(=O)=O)cc1C. The van der Waals surface area contributed by atoms with Gasteiger partial charge >= 0.3 is 0 Å². The van der Waals surface area contributed by atoms with Crippen LogP contribution in [0.3, 0.4) is 0 Å². The summed E-state index contributed by atoms with van der Waals surface area (Å²) in [6, 6.07) is 4.23. The predicted octanol–water partition coefficient (Wildman–Crippen LogP) is 0.157. The van der Waals surface area contributed by atoms with Gasteiger partial charge in [0.15, 0.2) is 6.61 Å². The van der Waals surface area contributed by atoms with Crippen molar-refractivity contribution in [2.24, 2.45) is 5.14 Å². The van der Waals surface area contributed by atoms with Gasteiger partial charge in [0.25, 0.3) is 5.91 Å². The molecule has 18 heavy (non-hydrogen) atoms. The molecule has 0 aliphatic heterocycles. The second kappa shape index (κ2) is 5.83. The van der Waals surface area contributed by atoms with Crippen LogP contribution in [0.2, 0.25) is 0 Å². The highest BCUT2D eigenvalue weighted by molar-refractivity contribution is 7.89. The summed E-state index contributed by atoms with van der Waals surface area (Å²) in [4.78, 5) is 11.2. The lowest BCUT2D eigenvalue weighted by Gasteiger charge is -2.09. The first kappa shape index (κ1) is 14.5. The number of hydrogen-bond donors (Lipinski definition) is 2. The zero-order valence-corrected chi connectivity index (χ0v) is 11.1. The molecule has 0 aliphatic carbocycles. The Hall–Kier alpha value is -1.60. The van der Waals surface area contributed by atoms with Gasteiger partial charge in [0.2, 0.25) is 10.0 Å². The van der Waals surface area contributed by atoms with Crippen molar-refractivity contribution in [1.82, 2.24) is 5.32 Å². The van der Waals surface area contributed by atoms with Crippen LogP contribution in [-0.2, 0) is 14.8 Å². The van der Waals surface area contributed by atoms with Gasteiger partial charge in [0.1, 0.15) is 5.75 Å². The molecule has 0 bridgehead atoms. The summed E-state index contributed by atoms with van der Waals surface area (Å²) < 4.78 is 27.5. The highest BCUT2D eigenvalue weighted by Crippen LogP contribution is 2.20. The summed E-state index contributed by atoms with van der Waals surface area (Å²) in [6.07, 6.45) is 0. The molecule has 1 rings (SSSR count). The number of benzene rings is 1. The average molecular weight is 272 g/mol. The van der Waals surface area contributed by atoms with E-state index >= 15 is 0 Å². The van der Waals surface area contributed by atoms with Gasteiger partial charge in [-0.3, -0.25) is 4.79 Å². The van der Waals surface area contributed by atoms with Crippen molar-refractivity contribution in [2.75, 3.05) is 13.2 Å². The molecule has 7 heteroatoms. The third kappa shape index (κ3) is 4.01. The van der Waals surface area contributed by atoms with Gasteiger partial charge in [-0.1, -0.05) is 0 Å². The number of carbonyl (C=O) groups excluding carboxylic acids is 1. The van der Waals surface area contributed by atoms with Gasteiger partial charge < -0.3 is 10.1 Å². The van der Waals surface area contributed by atoms with Crippen LogP contribution in [0.4, 0.5) is 0 Å². The topological polar surface area (TPSA) is 98.5 Å². The number of carbonyl (C=O) groups is 1. The molecule has 1 aromatic carbocycles. The Morgan fingerprint density at radius 1 is 1.44 bits per heavy atom. The standard InChI is InChI=1S/C11H16N2O4S/c1-3-13-11(14)7-17-10-5-4-9(6-8(10)2)18(12,15)16/h4-6H,3,7H2,1-2H3,(H,13,14)(H2,12,15,16). The van der Waals surface area contributed by atoms with Crippen molar-refractivity contribution in [1.29, 1.82) is 0 Å². The second-order valence-corrected chi connectivity index (χ2v) is 5.28. The van der Waals surface area contributed by atoms with E-state index < -0.39 is 10.0 Å². The van der Waals surface area contributed by atoms with Gasteiger partial charge in [0.05, 0.1) is 4.90 Å². The molecule has 6 nitrogen and oxygen atoms in total. The number of primary sulfonamides is 1. The number of aryl methyl sites for hydroxylation is 1. The summed E-state index contributed by atoms with van der Waals surface area (Å²) in [5, 5.41) is 7.60. The number of nitrogens with one attached hydrogen (secondary N) is 1. The van der Waals surface area contributed by atoms with E-state index in [4.69, 9.17) is 9.88 Å². The summed E-state index contributed by atoms with van der Waals surface area (Å²) >= 11 is 0. The van der Waals surface area contributed by atoms with Crippen LogP contribution in [0, 0.1) is 6.92 Å². The van der Waals surface area contributed by atoms with Gasteiger partial charge in [-0.2, -0.15) is 0 Å². The summed E-state index contributed by atoms with van der Waals surface area (Å²) in [6.45, 7) is 3.92. The van der Waals surface area contributed by atoms with Crippen LogP contribution < -0.4 is 15.2 Å². The molecular formula is C11H16N2O4S. The van der Waals surface area contributed by atoms with E-state index in [0.717, 1.165) is 0 Å². The largest absolute Gasteiger partial charge is 0.484 e. The minimum atomic E-state index is -3.72. The van der Waals surface area contributed by atoms with E-state index in [0.29, 0.717) is 17.9 Å². The normalized spacial score (nSPS) is 11.1. The molecule has 3 N–H and O–H groups in total. The highest BCUT2D eigenvalue weighted by Gasteiger charge is 2.10. The smallest absolute Gasteiger partial charge is 0.257 e. The van der Waals surface area contributed by atoms with E-state index in [1.54, 1.807) is 6.92 Å². The zero-order chi connectivity index (χ0) is 13.8. The maximum Gasteiger partial charge on any atom is 0.257 e. The minimum absolute atomic E-state index is 0.0189. The Bertz CT molecular complexity index is 540. The Balaban J connectivity index is 2.78. The minimum Gasteiger partial charge on any atom is -0.484 e. The Morgan fingerprint density at radius 3 is 2.61 bits per heavy atom. The van der Waals surface area contributed by atoms with Crippen molar-refractivity contribution < 1.29 is 17.9 Å². The number of likely N-dealkylation sites (N-methyl/N-ethyl adjacent to an activating group) is 1. The van der Waals surface area contributed by atoms with Crippen molar-refractivity contribution >= 4 is 15.9 Å². The Kier molecular flexibility index (Phi) is 4.69.